The normalized spacial score (nSPS) is 10.4. The fraction of sp³-hybridized carbons (Fsp3) is 0.133. The summed E-state index contributed by atoms with van der Waals surface area (Å²) in [5.74, 6) is -1.26. The van der Waals surface area contributed by atoms with E-state index in [4.69, 9.17) is 23.2 Å². The Kier molecular flexibility index (Phi) is 4.21. The molecule has 0 aliphatic heterocycles. The van der Waals surface area contributed by atoms with Crippen molar-refractivity contribution in [1.29, 1.82) is 0 Å². The molecule has 5 heteroatoms. The highest BCUT2D eigenvalue weighted by Crippen LogP contribution is 2.36. The van der Waals surface area contributed by atoms with Gasteiger partial charge in [0.1, 0.15) is 0 Å². The van der Waals surface area contributed by atoms with Crippen molar-refractivity contribution in [3.05, 3.63) is 57.1 Å². The summed E-state index contributed by atoms with van der Waals surface area (Å²) in [5, 5.41) is 15.0. The number of halogens is 2. The van der Waals surface area contributed by atoms with Gasteiger partial charge >= 0.3 is 0 Å². The summed E-state index contributed by atoms with van der Waals surface area (Å²) < 4.78 is 0. The standard InChI is InChI=1S/C15H13Cl2NO2/c1-8-3-5-10(15(19)20)12(7-8)18-14-11(16)6-4-9(2)13(14)17/h3-7,18H,1-2H3,(H,19,20)/p-1. The van der Waals surface area contributed by atoms with E-state index < -0.39 is 5.97 Å². The SMILES string of the molecule is Cc1ccc(C(=O)[O-])c(Nc2c(Cl)ccc(C)c2Cl)c1. The van der Waals surface area contributed by atoms with Crippen LogP contribution in [-0.2, 0) is 0 Å². The van der Waals surface area contributed by atoms with Crippen LogP contribution in [0.2, 0.25) is 10.0 Å². The minimum atomic E-state index is -1.26. The summed E-state index contributed by atoms with van der Waals surface area (Å²) in [6.45, 7) is 3.71. The number of benzene rings is 2. The van der Waals surface area contributed by atoms with E-state index in [2.05, 4.69) is 5.32 Å². The zero-order chi connectivity index (χ0) is 14.9. The van der Waals surface area contributed by atoms with E-state index in [-0.39, 0.29) is 5.56 Å². The van der Waals surface area contributed by atoms with E-state index in [9.17, 15) is 9.90 Å². The molecule has 0 aromatic heterocycles. The average Bonchev–Trinajstić information content (AvgIpc) is 2.39. The van der Waals surface area contributed by atoms with Crippen LogP contribution in [0.3, 0.4) is 0 Å². The topological polar surface area (TPSA) is 52.2 Å². The van der Waals surface area contributed by atoms with Crippen molar-refractivity contribution in [3.63, 3.8) is 0 Å². The second-order valence-corrected chi connectivity index (χ2v) is 5.30. The Morgan fingerprint density at radius 3 is 2.50 bits per heavy atom. The molecule has 0 atom stereocenters. The Bertz CT molecular complexity index is 684. The van der Waals surface area contributed by atoms with Gasteiger partial charge in [-0.3, -0.25) is 0 Å². The number of hydrogen-bond donors (Lipinski definition) is 1. The van der Waals surface area contributed by atoms with Gasteiger partial charge in [-0.2, -0.15) is 0 Å². The van der Waals surface area contributed by atoms with Gasteiger partial charge in [-0.05, 0) is 37.1 Å². The lowest BCUT2D eigenvalue weighted by molar-refractivity contribution is -0.254. The van der Waals surface area contributed by atoms with E-state index >= 15 is 0 Å². The molecule has 0 saturated carbocycles. The van der Waals surface area contributed by atoms with Crippen molar-refractivity contribution in [1.82, 2.24) is 0 Å². The summed E-state index contributed by atoms with van der Waals surface area (Å²) in [4.78, 5) is 11.1. The number of carbonyl (C=O) groups excluding carboxylic acids is 1. The highest BCUT2D eigenvalue weighted by atomic mass is 35.5. The molecule has 0 saturated heterocycles. The number of aromatic carboxylic acids is 1. The van der Waals surface area contributed by atoms with Crippen LogP contribution in [0.5, 0.6) is 0 Å². The van der Waals surface area contributed by atoms with Crippen molar-refractivity contribution < 1.29 is 9.90 Å². The van der Waals surface area contributed by atoms with Gasteiger partial charge in [0.25, 0.3) is 0 Å². The van der Waals surface area contributed by atoms with Crippen LogP contribution < -0.4 is 10.4 Å². The van der Waals surface area contributed by atoms with Crippen LogP contribution in [0.4, 0.5) is 11.4 Å². The second-order valence-electron chi connectivity index (χ2n) is 4.51. The lowest BCUT2D eigenvalue weighted by Gasteiger charge is -2.16. The maximum Gasteiger partial charge on any atom is 0.0765 e. The van der Waals surface area contributed by atoms with E-state index in [1.165, 1.54) is 6.07 Å². The lowest BCUT2D eigenvalue weighted by Crippen LogP contribution is -2.23. The number of carbonyl (C=O) groups is 1. The first-order valence-corrected chi connectivity index (χ1v) is 6.69. The zero-order valence-corrected chi connectivity index (χ0v) is 12.5. The first-order chi connectivity index (χ1) is 9.40. The Morgan fingerprint density at radius 1 is 1.15 bits per heavy atom. The fourth-order valence-electron chi connectivity index (χ4n) is 1.85. The molecule has 0 aliphatic rings. The van der Waals surface area contributed by atoms with Gasteiger partial charge in [0.2, 0.25) is 0 Å². The third-order valence-electron chi connectivity index (χ3n) is 2.94. The van der Waals surface area contributed by atoms with Crippen molar-refractivity contribution >= 4 is 40.5 Å². The largest absolute Gasteiger partial charge is 0.545 e. The monoisotopic (exact) mass is 308 g/mol. The van der Waals surface area contributed by atoms with Gasteiger partial charge in [-0.15, -0.1) is 0 Å². The van der Waals surface area contributed by atoms with Crippen molar-refractivity contribution in [2.24, 2.45) is 0 Å². The number of aryl methyl sites for hydroxylation is 2. The van der Waals surface area contributed by atoms with Gasteiger partial charge in [-0.1, -0.05) is 41.4 Å². The van der Waals surface area contributed by atoms with E-state index in [1.54, 1.807) is 24.3 Å². The molecule has 0 aliphatic carbocycles. The lowest BCUT2D eigenvalue weighted by atomic mass is 10.1. The highest BCUT2D eigenvalue weighted by Gasteiger charge is 2.11. The molecule has 0 fully saturated rings. The highest BCUT2D eigenvalue weighted by molar-refractivity contribution is 6.39. The number of anilines is 2. The molecule has 2 aromatic rings. The smallest absolute Gasteiger partial charge is 0.0765 e. The molecule has 0 radical (unpaired) electrons. The van der Waals surface area contributed by atoms with E-state index in [0.29, 0.717) is 21.4 Å². The molecule has 104 valence electrons. The predicted molar refractivity (Wildman–Crippen MR) is 80.0 cm³/mol. The summed E-state index contributed by atoms with van der Waals surface area (Å²) in [5.41, 5.74) is 2.71. The third-order valence-corrected chi connectivity index (χ3v) is 3.74. The predicted octanol–water partition coefficient (Wildman–Crippen LogP) is 3.72. The molecule has 2 aromatic carbocycles. The maximum absolute atomic E-state index is 11.1. The van der Waals surface area contributed by atoms with Gasteiger partial charge in [0.05, 0.1) is 21.7 Å². The van der Waals surface area contributed by atoms with Crippen molar-refractivity contribution in [3.8, 4) is 0 Å². The number of hydrogen-bond acceptors (Lipinski definition) is 3. The number of carboxylic acids is 1. The maximum atomic E-state index is 11.1. The van der Waals surface area contributed by atoms with Crippen LogP contribution in [0.25, 0.3) is 0 Å². The number of rotatable bonds is 3. The molecular weight excluding hydrogens is 297 g/mol. The molecule has 2 rings (SSSR count). The minimum Gasteiger partial charge on any atom is -0.545 e. The molecule has 20 heavy (non-hydrogen) atoms. The molecule has 0 unspecified atom stereocenters. The summed E-state index contributed by atoms with van der Waals surface area (Å²) in [7, 11) is 0. The molecule has 3 nitrogen and oxygen atoms in total. The third kappa shape index (κ3) is 2.89. The summed E-state index contributed by atoms with van der Waals surface area (Å²) in [6.07, 6.45) is 0. The Morgan fingerprint density at radius 2 is 1.85 bits per heavy atom. The molecule has 0 heterocycles. The zero-order valence-electron chi connectivity index (χ0n) is 11.0. The van der Waals surface area contributed by atoms with Crippen molar-refractivity contribution in [2.75, 3.05) is 5.32 Å². The first kappa shape index (κ1) is 14.7. The molecule has 0 spiro atoms. The second kappa shape index (κ2) is 5.73. The van der Waals surface area contributed by atoms with Crippen LogP contribution in [0.15, 0.2) is 30.3 Å². The molecule has 0 bridgehead atoms. The number of carboxylic acid groups (broad SMARTS) is 1. The van der Waals surface area contributed by atoms with Crippen molar-refractivity contribution in [2.45, 2.75) is 13.8 Å². The van der Waals surface area contributed by atoms with E-state index in [0.717, 1.165) is 11.1 Å². The van der Waals surface area contributed by atoms with Crippen LogP contribution >= 0.6 is 23.2 Å². The Labute approximate surface area is 127 Å². The number of nitrogens with one attached hydrogen (secondary N) is 1. The van der Waals surface area contributed by atoms with Crippen LogP contribution in [0.1, 0.15) is 21.5 Å². The minimum absolute atomic E-state index is 0.0595. The first-order valence-electron chi connectivity index (χ1n) is 5.93. The Balaban J connectivity index is 2.53. The van der Waals surface area contributed by atoms with Gasteiger partial charge in [0.15, 0.2) is 0 Å². The summed E-state index contributed by atoms with van der Waals surface area (Å²) >= 11 is 12.3. The van der Waals surface area contributed by atoms with Crippen LogP contribution in [-0.4, -0.2) is 5.97 Å². The molecule has 1 N–H and O–H groups in total. The van der Waals surface area contributed by atoms with Gasteiger partial charge in [0, 0.05) is 11.3 Å². The molecule has 0 amide bonds. The van der Waals surface area contributed by atoms with Gasteiger partial charge in [-0.25, -0.2) is 0 Å². The Hall–Kier alpha value is -1.71. The fourth-order valence-corrected chi connectivity index (χ4v) is 2.31. The quantitative estimate of drug-likeness (QED) is 0.940. The average molecular weight is 309 g/mol. The van der Waals surface area contributed by atoms with Gasteiger partial charge < -0.3 is 15.2 Å². The molecular formula is C15H12Cl2NO2-. The van der Waals surface area contributed by atoms with Crippen LogP contribution in [0, 0.1) is 13.8 Å². The summed E-state index contributed by atoms with van der Waals surface area (Å²) in [6, 6.07) is 8.41. The van der Waals surface area contributed by atoms with E-state index in [1.807, 2.05) is 13.8 Å².